The van der Waals surface area contributed by atoms with Crippen LogP contribution in [0.4, 0.5) is 0 Å². The molecule has 0 saturated carbocycles. The molecule has 144 valence electrons. The van der Waals surface area contributed by atoms with Crippen LogP contribution in [-0.4, -0.2) is 15.8 Å². The Kier molecular flexibility index (Phi) is 6.20. The minimum Gasteiger partial charge on any atom is -0.383 e. The van der Waals surface area contributed by atoms with Gasteiger partial charge >= 0.3 is 0 Å². The van der Waals surface area contributed by atoms with Crippen molar-refractivity contribution in [3.63, 3.8) is 0 Å². The van der Waals surface area contributed by atoms with Crippen LogP contribution in [0.25, 0.3) is 0 Å². The lowest BCUT2D eigenvalue weighted by molar-refractivity contribution is 0.00624. The van der Waals surface area contributed by atoms with E-state index in [1.807, 2.05) is 93.6 Å². The molecule has 0 aromatic heterocycles. The Bertz CT molecular complexity index is 1030. The van der Waals surface area contributed by atoms with Crippen LogP contribution < -0.4 is 0 Å². The second-order valence-corrected chi connectivity index (χ2v) is 7.21. The summed E-state index contributed by atoms with van der Waals surface area (Å²) in [6.07, 6.45) is -1.27. The van der Waals surface area contributed by atoms with E-state index in [0.29, 0.717) is 5.56 Å². The smallest absolute Gasteiger partial charge is 0.218 e. The summed E-state index contributed by atoms with van der Waals surface area (Å²) in [4.78, 5) is 0. The SMILES string of the molecule is Cc1cc(C)c(C(O)C(O)(C#Cc2ccccc2)C#Cc2ccccc2)c(C)c1. The highest BCUT2D eigenvalue weighted by Crippen LogP contribution is 2.31. The molecule has 2 heteroatoms. The van der Waals surface area contributed by atoms with Gasteiger partial charge in [0, 0.05) is 11.1 Å². The molecule has 29 heavy (non-hydrogen) atoms. The van der Waals surface area contributed by atoms with Crippen molar-refractivity contribution in [2.45, 2.75) is 32.5 Å². The second-order valence-electron chi connectivity index (χ2n) is 7.21. The van der Waals surface area contributed by atoms with Crippen LogP contribution >= 0.6 is 0 Å². The Balaban J connectivity index is 2.10. The van der Waals surface area contributed by atoms with E-state index in [0.717, 1.165) is 27.8 Å². The van der Waals surface area contributed by atoms with E-state index in [-0.39, 0.29) is 0 Å². The summed E-state index contributed by atoms with van der Waals surface area (Å²) in [5, 5.41) is 22.6. The Hall–Kier alpha value is -3.30. The first kappa shape index (κ1) is 20.4. The van der Waals surface area contributed by atoms with E-state index >= 15 is 0 Å². The highest BCUT2D eigenvalue weighted by Gasteiger charge is 2.35. The summed E-state index contributed by atoms with van der Waals surface area (Å²) in [6.45, 7) is 5.86. The number of benzene rings is 3. The molecule has 0 aliphatic rings. The van der Waals surface area contributed by atoms with Crippen LogP contribution in [0.2, 0.25) is 0 Å². The molecule has 0 bridgehead atoms. The Morgan fingerprint density at radius 3 is 1.55 bits per heavy atom. The molecule has 0 amide bonds. The average Bonchev–Trinajstić information content (AvgIpc) is 2.71. The van der Waals surface area contributed by atoms with Gasteiger partial charge in [-0.05, 0) is 73.6 Å². The fraction of sp³-hybridized carbons (Fsp3) is 0.185. The summed E-state index contributed by atoms with van der Waals surface area (Å²) < 4.78 is 0. The van der Waals surface area contributed by atoms with Gasteiger partial charge in [0.1, 0.15) is 6.10 Å². The molecule has 0 fully saturated rings. The van der Waals surface area contributed by atoms with Crippen LogP contribution in [0.3, 0.4) is 0 Å². The van der Waals surface area contributed by atoms with Crippen molar-refractivity contribution in [1.29, 1.82) is 0 Å². The number of aliphatic hydroxyl groups excluding tert-OH is 1. The van der Waals surface area contributed by atoms with Crippen molar-refractivity contribution in [2.75, 3.05) is 0 Å². The summed E-state index contributed by atoms with van der Waals surface area (Å²) in [7, 11) is 0. The van der Waals surface area contributed by atoms with Crippen molar-refractivity contribution < 1.29 is 10.2 Å². The maximum atomic E-state index is 11.4. The molecule has 0 aliphatic heterocycles. The molecule has 2 N–H and O–H groups in total. The number of hydrogen-bond acceptors (Lipinski definition) is 2. The maximum absolute atomic E-state index is 11.4. The second kappa shape index (κ2) is 8.80. The van der Waals surface area contributed by atoms with Gasteiger partial charge in [0.2, 0.25) is 5.60 Å². The molecular weight excluding hydrogens is 356 g/mol. The summed E-state index contributed by atoms with van der Waals surface area (Å²) >= 11 is 0. The monoisotopic (exact) mass is 380 g/mol. The molecule has 0 spiro atoms. The first-order chi connectivity index (χ1) is 13.9. The Labute approximate surface area is 172 Å². The van der Waals surface area contributed by atoms with Crippen molar-refractivity contribution in [1.82, 2.24) is 0 Å². The quantitative estimate of drug-likeness (QED) is 0.644. The fourth-order valence-electron chi connectivity index (χ4n) is 3.38. The zero-order valence-electron chi connectivity index (χ0n) is 16.9. The normalized spacial score (nSPS) is 11.6. The zero-order valence-corrected chi connectivity index (χ0v) is 16.9. The van der Waals surface area contributed by atoms with Crippen molar-refractivity contribution in [2.24, 2.45) is 0 Å². The van der Waals surface area contributed by atoms with Gasteiger partial charge in [-0.2, -0.15) is 0 Å². The summed E-state index contributed by atoms with van der Waals surface area (Å²) in [5.41, 5.74) is 3.13. The predicted molar refractivity (Wildman–Crippen MR) is 117 cm³/mol. The van der Waals surface area contributed by atoms with Gasteiger partial charge < -0.3 is 10.2 Å². The van der Waals surface area contributed by atoms with E-state index in [1.165, 1.54) is 0 Å². The molecule has 2 nitrogen and oxygen atoms in total. The van der Waals surface area contributed by atoms with E-state index in [2.05, 4.69) is 23.7 Å². The lowest BCUT2D eigenvalue weighted by Gasteiger charge is -2.26. The summed E-state index contributed by atoms with van der Waals surface area (Å²) in [5.74, 6) is 11.6. The van der Waals surface area contributed by atoms with Gasteiger partial charge in [0.25, 0.3) is 0 Å². The van der Waals surface area contributed by atoms with Crippen molar-refractivity contribution in [3.05, 3.63) is 106 Å². The van der Waals surface area contributed by atoms with E-state index < -0.39 is 11.7 Å². The van der Waals surface area contributed by atoms with E-state index in [1.54, 1.807) is 0 Å². The molecule has 0 radical (unpaired) electrons. The number of hydrogen-bond donors (Lipinski definition) is 2. The van der Waals surface area contributed by atoms with Crippen molar-refractivity contribution in [3.8, 4) is 23.7 Å². The van der Waals surface area contributed by atoms with Gasteiger partial charge in [-0.15, -0.1) is 0 Å². The lowest BCUT2D eigenvalue weighted by Crippen LogP contribution is -2.34. The minimum absolute atomic E-state index is 0.655. The standard InChI is InChI=1S/C27H24O2/c1-20-18-21(2)25(22(3)19-20)26(28)27(29,16-14-23-10-6-4-7-11-23)17-15-24-12-8-5-9-13-24/h4-13,18-19,26,28-29H,1-3H3. The number of aliphatic hydroxyl groups is 2. The highest BCUT2D eigenvalue weighted by atomic mass is 16.3. The molecular formula is C27H24O2. The van der Waals surface area contributed by atoms with E-state index in [9.17, 15) is 10.2 Å². The molecule has 1 unspecified atom stereocenters. The van der Waals surface area contributed by atoms with Crippen LogP contribution in [0.1, 0.15) is 39.5 Å². The Morgan fingerprint density at radius 1 is 0.724 bits per heavy atom. The molecule has 0 saturated heterocycles. The first-order valence-electron chi connectivity index (χ1n) is 9.54. The molecule has 3 rings (SSSR count). The topological polar surface area (TPSA) is 40.5 Å². The van der Waals surface area contributed by atoms with Gasteiger partial charge in [-0.3, -0.25) is 0 Å². The van der Waals surface area contributed by atoms with Crippen LogP contribution in [0.5, 0.6) is 0 Å². The van der Waals surface area contributed by atoms with Crippen molar-refractivity contribution >= 4 is 0 Å². The average molecular weight is 380 g/mol. The maximum Gasteiger partial charge on any atom is 0.218 e. The molecule has 0 heterocycles. The van der Waals surface area contributed by atoms with Gasteiger partial charge in [-0.1, -0.05) is 65.9 Å². The third-order valence-electron chi connectivity index (χ3n) is 4.75. The first-order valence-corrected chi connectivity index (χ1v) is 9.54. The number of aryl methyl sites for hydroxylation is 3. The van der Waals surface area contributed by atoms with E-state index in [4.69, 9.17) is 0 Å². The van der Waals surface area contributed by atoms with Crippen LogP contribution in [-0.2, 0) is 0 Å². The third-order valence-corrected chi connectivity index (χ3v) is 4.75. The third kappa shape index (κ3) is 4.95. The van der Waals surface area contributed by atoms with Crippen LogP contribution in [0.15, 0.2) is 72.8 Å². The minimum atomic E-state index is -1.92. The molecule has 0 aliphatic carbocycles. The van der Waals surface area contributed by atoms with Gasteiger partial charge in [-0.25, -0.2) is 0 Å². The largest absolute Gasteiger partial charge is 0.383 e. The number of rotatable bonds is 2. The van der Waals surface area contributed by atoms with Crippen LogP contribution in [0, 0.1) is 44.5 Å². The van der Waals surface area contributed by atoms with Gasteiger partial charge in [0.15, 0.2) is 0 Å². The summed E-state index contributed by atoms with van der Waals surface area (Å²) in [6, 6.07) is 22.7. The molecule has 3 aromatic carbocycles. The molecule has 1 atom stereocenters. The fourth-order valence-corrected chi connectivity index (χ4v) is 3.38. The molecule has 3 aromatic rings. The van der Waals surface area contributed by atoms with Gasteiger partial charge in [0.05, 0.1) is 0 Å². The predicted octanol–water partition coefficient (Wildman–Crippen LogP) is 4.48. The zero-order chi connectivity index (χ0) is 20.9. The highest BCUT2D eigenvalue weighted by molar-refractivity contribution is 5.49. The lowest BCUT2D eigenvalue weighted by atomic mass is 9.85. The Morgan fingerprint density at radius 2 is 1.14 bits per heavy atom.